The Morgan fingerprint density at radius 3 is 2.42 bits per heavy atom. The molecule has 0 radical (unpaired) electrons. The van der Waals surface area contributed by atoms with Gasteiger partial charge in [0.25, 0.3) is 0 Å². The lowest BCUT2D eigenvalue weighted by Gasteiger charge is -2.00. The second-order valence-electron chi connectivity index (χ2n) is 6.14. The number of benzene rings is 2. The molecule has 3 aromatic rings. The maximum Gasteiger partial charge on any atom is 0.221 e. The number of carbonyl (C=O) groups excluding carboxylic acids is 1. The minimum absolute atomic E-state index is 0.252. The van der Waals surface area contributed by atoms with Crippen LogP contribution in [0.3, 0.4) is 0 Å². The summed E-state index contributed by atoms with van der Waals surface area (Å²) in [6.45, 7) is 4.33. The Hall–Kier alpha value is -2.66. The van der Waals surface area contributed by atoms with Crippen molar-refractivity contribution in [1.82, 2.24) is 4.98 Å². The first-order valence-electron chi connectivity index (χ1n) is 8.62. The van der Waals surface area contributed by atoms with Crippen LogP contribution in [0.1, 0.15) is 30.0 Å². The standard InChI is InChI=1S/C11H11N3OS.C10H14/c12-10(15)5-7-2-1-3-8(4-7)9-6-14-11(13)16-9;1-3-4-10-7-5-9(2)6-8-10/h1-4,6H,5H2,(H2,12,15)(H2,13,14);5-8H,3-4H2,1-2H3. The third-order valence-electron chi connectivity index (χ3n) is 3.77. The molecule has 3 rings (SSSR count). The lowest BCUT2D eigenvalue weighted by molar-refractivity contribution is -0.117. The molecule has 0 spiro atoms. The Morgan fingerprint density at radius 2 is 1.85 bits per heavy atom. The van der Waals surface area contributed by atoms with E-state index in [2.05, 4.69) is 43.1 Å². The van der Waals surface area contributed by atoms with Gasteiger partial charge in [-0.05, 0) is 36.1 Å². The lowest BCUT2D eigenvalue weighted by atomic mass is 10.1. The summed E-state index contributed by atoms with van der Waals surface area (Å²) >= 11 is 1.42. The molecule has 0 aliphatic carbocycles. The molecule has 0 saturated heterocycles. The summed E-state index contributed by atoms with van der Waals surface area (Å²) in [4.78, 5) is 15.8. The van der Waals surface area contributed by atoms with Crippen LogP contribution in [-0.4, -0.2) is 10.9 Å². The molecule has 26 heavy (non-hydrogen) atoms. The number of amides is 1. The van der Waals surface area contributed by atoms with Crippen molar-refractivity contribution in [3.8, 4) is 10.4 Å². The number of hydrogen-bond acceptors (Lipinski definition) is 4. The molecule has 2 aromatic carbocycles. The zero-order valence-corrected chi connectivity index (χ0v) is 16.1. The van der Waals surface area contributed by atoms with E-state index < -0.39 is 0 Å². The van der Waals surface area contributed by atoms with E-state index in [1.54, 1.807) is 6.20 Å². The van der Waals surface area contributed by atoms with Gasteiger partial charge < -0.3 is 11.5 Å². The van der Waals surface area contributed by atoms with E-state index in [1.807, 2.05) is 24.3 Å². The van der Waals surface area contributed by atoms with Gasteiger partial charge in [-0.1, -0.05) is 72.7 Å². The number of nitrogens with two attached hydrogens (primary N) is 2. The van der Waals surface area contributed by atoms with E-state index in [4.69, 9.17) is 11.5 Å². The first-order valence-corrected chi connectivity index (χ1v) is 9.44. The average molecular weight is 368 g/mol. The Labute approximate surface area is 158 Å². The van der Waals surface area contributed by atoms with E-state index in [-0.39, 0.29) is 12.3 Å². The third kappa shape index (κ3) is 6.33. The van der Waals surface area contributed by atoms with Gasteiger partial charge in [-0.3, -0.25) is 4.79 Å². The van der Waals surface area contributed by atoms with Crippen LogP contribution in [-0.2, 0) is 17.6 Å². The normalized spacial score (nSPS) is 10.1. The molecule has 0 aliphatic heterocycles. The van der Waals surface area contributed by atoms with Crippen molar-refractivity contribution < 1.29 is 4.79 Å². The molecule has 0 aliphatic rings. The lowest BCUT2D eigenvalue weighted by Crippen LogP contribution is -2.13. The molecule has 1 heterocycles. The number of aromatic nitrogens is 1. The van der Waals surface area contributed by atoms with E-state index in [1.165, 1.54) is 35.3 Å². The minimum Gasteiger partial charge on any atom is -0.375 e. The van der Waals surface area contributed by atoms with Gasteiger partial charge in [0.1, 0.15) is 0 Å². The molecule has 1 aromatic heterocycles. The first-order chi connectivity index (χ1) is 12.5. The second-order valence-corrected chi connectivity index (χ2v) is 7.20. The SMILES string of the molecule is CCCc1ccc(C)cc1.NC(=O)Cc1cccc(-c2cnc(N)s2)c1. The highest BCUT2D eigenvalue weighted by Gasteiger charge is 2.04. The molecular weight excluding hydrogens is 342 g/mol. The molecule has 0 atom stereocenters. The number of nitrogen functional groups attached to an aromatic ring is 1. The zero-order chi connectivity index (χ0) is 18.9. The smallest absolute Gasteiger partial charge is 0.221 e. The first kappa shape index (κ1) is 19.7. The van der Waals surface area contributed by atoms with Crippen LogP contribution in [0.4, 0.5) is 5.13 Å². The van der Waals surface area contributed by atoms with Crippen molar-refractivity contribution in [1.29, 1.82) is 0 Å². The predicted molar refractivity (Wildman–Crippen MR) is 110 cm³/mol. The Balaban J connectivity index is 0.000000209. The summed E-state index contributed by atoms with van der Waals surface area (Å²) in [6.07, 6.45) is 4.43. The number of thiazole rings is 1. The second kappa shape index (κ2) is 9.73. The number of carbonyl (C=O) groups is 1. The van der Waals surface area contributed by atoms with Crippen molar-refractivity contribution in [2.75, 3.05) is 5.73 Å². The molecule has 0 unspecified atom stereocenters. The van der Waals surface area contributed by atoms with Gasteiger partial charge >= 0.3 is 0 Å². The van der Waals surface area contributed by atoms with Crippen molar-refractivity contribution in [2.45, 2.75) is 33.1 Å². The van der Waals surface area contributed by atoms with Crippen LogP contribution in [0.5, 0.6) is 0 Å². The predicted octanol–water partition coefficient (Wildman–Crippen LogP) is 4.37. The molecule has 136 valence electrons. The molecule has 0 fully saturated rings. The van der Waals surface area contributed by atoms with Gasteiger partial charge in [-0.25, -0.2) is 4.98 Å². The van der Waals surface area contributed by atoms with Gasteiger partial charge in [0, 0.05) is 6.20 Å². The van der Waals surface area contributed by atoms with Gasteiger partial charge in [0.05, 0.1) is 11.3 Å². The molecule has 4 nitrogen and oxygen atoms in total. The van der Waals surface area contributed by atoms with E-state index >= 15 is 0 Å². The Morgan fingerprint density at radius 1 is 1.12 bits per heavy atom. The summed E-state index contributed by atoms with van der Waals surface area (Å²) in [5.41, 5.74) is 15.4. The molecule has 0 bridgehead atoms. The van der Waals surface area contributed by atoms with Crippen molar-refractivity contribution in [3.05, 3.63) is 71.4 Å². The fraction of sp³-hybridized carbons (Fsp3) is 0.238. The fourth-order valence-electron chi connectivity index (χ4n) is 2.50. The van der Waals surface area contributed by atoms with E-state index in [0.29, 0.717) is 5.13 Å². The van der Waals surface area contributed by atoms with Crippen LogP contribution < -0.4 is 11.5 Å². The maximum absolute atomic E-state index is 10.8. The van der Waals surface area contributed by atoms with Crippen LogP contribution in [0.15, 0.2) is 54.7 Å². The summed E-state index contributed by atoms with van der Waals surface area (Å²) in [7, 11) is 0. The number of aryl methyl sites for hydroxylation is 2. The molecule has 5 heteroatoms. The summed E-state index contributed by atoms with van der Waals surface area (Å²) in [5, 5.41) is 0.537. The largest absolute Gasteiger partial charge is 0.375 e. The summed E-state index contributed by atoms with van der Waals surface area (Å²) in [5.74, 6) is -0.332. The monoisotopic (exact) mass is 367 g/mol. The van der Waals surface area contributed by atoms with Gasteiger partial charge in [-0.15, -0.1) is 0 Å². The maximum atomic E-state index is 10.8. The van der Waals surface area contributed by atoms with Crippen LogP contribution in [0, 0.1) is 6.92 Å². The number of nitrogens with zero attached hydrogens (tertiary/aromatic N) is 1. The highest BCUT2D eigenvalue weighted by molar-refractivity contribution is 7.18. The molecular formula is C21H25N3OS. The average Bonchev–Trinajstić information content (AvgIpc) is 3.04. The van der Waals surface area contributed by atoms with Crippen LogP contribution in [0.2, 0.25) is 0 Å². The molecule has 0 saturated carbocycles. The van der Waals surface area contributed by atoms with E-state index in [9.17, 15) is 4.79 Å². The molecule has 1 amide bonds. The summed E-state index contributed by atoms with van der Waals surface area (Å²) < 4.78 is 0. The van der Waals surface area contributed by atoms with Crippen molar-refractivity contribution >= 4 is 22.4 Å². The molecule has 4 N–H and O–H groups in total. The van der Waals surface area contributed by atoms with Crippen LogP contribution in [0.25, 0.3) is 10.4 Å². The van der Waals surface area contributed by atoms with Crippen molar-refractivity contribution in [2.24, 2.45) is 5.73 Å². The zero-order valence-electron chi connectivity index (χ0n) is 15.2. The number of anilines is 1. The van der Waals surface area contributed by atoms with Gasteiger partial charge in [0.2, 0.25) is 5.91 Å². The highest BCUT2D eigenvalue weighted by Crippen LogP contribution is 2.27. The fourth-order valence-corrected chi connectivity index (χ4v) is 3.18. The number of primary amides is 1. The number of hydrogen-bond donors (Lipinski definition) is 2. The van der Waals surface area contributed by atoms with E-state index in [0.717, 1.165) is 16.0 Å². The van der Waals surface area contributed by atoms with Crippen LogP contribution >= 0.6 is 11.3 Å². The quantitative estimate of drug-likeness (QED) is 0.702. The number of rotatable bonds is 5. The Bertz CT molecular complexity index is 840. The topological polar surface area (TPSA) is 82.0 Å². The van der Waals surface area contributed by atoms with Gasteiger partial charge in [-0.2, -0.15) is 0 Å². The van der Waals surface area contributed by atoms with Gasteiger partial charge in [0.15, 0.2) is 5.13 Å². The minimum atomic E-state index is -0.332. The summed E-state index contributed by atoms with van der Waals surface area (Å²) in [6, 6.07) is 16.4. The third-order valence-corrected chi connectivity index (χ3v) is 4.65. The van der Waals surface area contributed by atoms with Crippen molar-refractivity contribution in [3.63, 3.8) is 0 Å². The highest BCUT2D eigenvalue weighted by atomic mass is 32.1. The Kier molecular flexibility index (Phi) is 7.36.